The highest BCUT2D eigenvalue weighted by atomic mass is 79.9. The molecule has 8 heteroatoms. The molecule has 27 heavy (non-hydrogen) atoms. The lowest BCUT2D eigenvalue weighted by atomic mass is 9.94. The van der Waals surface area contributed by atoms with Crippen LogP contribution in [-0.2, 0) is 17.8 Å². The summed E-state index contributed by atoms with van der Waals surface area (Å²) in [6, 6.07) is 3.92. The topological polar surface area (TPSA) is 55.3 Å². The highest BCUT2D eigenvalue weighted by Crippen LogP contribution is 2.41. The summed E-state index contributed by atoms with van der Waals surface area (Å²) < 4.78 is 42.9. The third kappa shape index (κ3) is 7.08. The van der Waals surface area contributed by atoms with Gasteiger partial charge < -0.3 is 9.35 Å². The van der Waals surface area contributed by atoms with Crippen LogP contribution in [0, 0.1) is 0 Å². The second-order valence-corrected chi connectivity index (χ2v) is 16.5. The zero-order chi connectivity index (χ0) is 21.2. The van der Waals surface area contributed by atoms with E-state index in [0.29, 0.717) is 18.4 Å². The first kappa shape index (κ1) is 25.0. The first-order chi connectivity index (χ1) is 12.1. The molecule has 0 aliphatic rings. The molecule has 0 aliphatic carbocycles. The first-order valence-electron chi connectivity index (χ1n) is 9.03. The molecule has 156 valence electrons. The van der Waals surface area contributed by atoms with Crippen molar-refractivity contribution in [2.24, 2.45) is 0 Å². The average Bonchev–Trinajstić information content (AvgIpc) is 2.48. The Morgan fingerprint density at radius 3 is 2.22 bits per heavy atom. The number of rotatable bonds is 8. The number of hydrogen-bond acceptors (Lipinski definition) is 3. The SMILES string of the molecule is CC(C)(C)[S+]([O-])NC(c1ccc(Br)cc1CCC(C)(C)[Si](C)(C)O)C(F)F. The second-order valence-electron chi connectivity index (χ2n) is 9.10. The number of nitrogens with one attached hydrogen (secondary N) is 1. The van der Waals surface area contributed by atoms with Gasteiger partial charge in [0.05, 0.1) is 0 Å². The lowest BCUT2D eigenvalue weighted by molar-refractivity contribution is 0.108. The van der Waals surface area contributed by atoms with Crippen molar-refractivity contribution < 1.29 is 18.1 Å². The minimum atomic E-state index is -2.69. The Morgan fingerprint density at radius 1 is 1.22 bits per heavy atom. The van der Waals surface area contributed by atoms with E-state index in [1.54, 1.807) is 32.9 Å². The predicted octanol–water partition coefficient (Wildman–Crippen LogP) is 5.72. The summed E-state index contributed by atoms with van der Waals surface area (Å²) in [6.07, 6.45) is -1.44. The van der Waals surface area contributed by atoms with E-state index in [4.69, 9.17) is 0 Å². The molecule has 0 aromatic heterocycles. The molecule has 0 fully saturated rings. The van der Waals surface area contributed by atoms with Crippen LogP contribution in [0.15, 0.2) is 22.7 Å². The van der Waals surface area contributed by atoms with Crippen molar-refractivity contribution in [3.8, 4) is 0 Å². The molecule has 0 amide bonds. The van der Waals surface area contributed by atoms with Gasteiger partial charge in [0.2, 0.25) is 0 Å². The molecule has 2 atom stereocenters. The normalized spacial score (nSPS) is 15.9. The lowest BCUT2D eigenvalue weighted by Gasteiger charge is -2.35. The summed E-state index contributed by atoms with van der Waals surface area (Å²) in [5, 5.41) is -0.255. The van der Waals surface area contributed by atoms with Gasteiger partial charge >= 0.3 is 0 Å². The van der Waals surface area contributed by atoms with Crippen LogP contribution < -0.4 is 4.72 Å². The van der Waals surface area contributed by atoms with Crippen LogP contribution >= 0.6 is 15.9 Å². The Kier molecular flexibility index (Phi) is 8.55. The molecule has 0 saturated carbocycles. The fraction of sp³-hybridized carbons (Fsp3) is 0.684. The van der Waals surface area contributed by atoms with Crippen molar-refractivity contribution in [3.05, 3.63) is 33.8 Å². The highest BCUT2D eigenvalue weighted by Gasteiger charge is 2.38. The van der Waals surface area contributed by atoms with Gasteiger partial charge in [-0.1, -0.05) is 35.8 Å². The van der Waals surface area contributed by atoms with Gasteiger partial charge in [0.25, 0.3) is 6.43 Å². The smallest absolute Gasteiger partial charge is 0.262 e. The van der Waals surface area contributed by atoms with E-state index in [1.165, 1.54) is 0 Å². The van der Waals surface area contributed by atoms with Crippen molar-refractivity contribution >= 4 is 35.6 Å². The number of hydrogen-bond donors (Lipinski definition) is 2. The third-order valence-electron chi connectivity index (χ3n) is 5.16. The Morgan fingerprint density at radius 2 is 1.78 bits per heavy atom. The van der Waals surface area contributed by atoms with Crippen molar-refractivity contribution in [2.45, 2.75) is 82.8 Å². The Bertz CT molecular complexity index is 633. The molecule has 0 radical (unpaired) electrons. The van der Waals surface area contributed by atoms with E-state index in [1.807, 2.05) is 33.0 Å². The Hall–Kier alpha value is 0.00688. The Balaban J connectivity index is 3.19. The molecule has 1 rings (SSSR count). The predicted molar refractivity (Wildman–Crippen MR) is 116 cm³/mol. The number of benzene rings is 1. The molecular formula is C19H32BrF2NO2SSi. The van der Waals surface area contributed by atoms with Gasteiger partial charge in [-0.15, -0.1) is 4.72 Å². The minimum absolute atomic E-state index is 0.255. The third-order valence-corrected chi connectivity index (χ3v) is 10.8. The standard InChI is InChI=1S/C19H32BrF2NO2SSi/c1-18(2,3)26(24)23-16(17(21)22)15-9-8-14(20)12-13(15)10-11-19(4,5)27(6,7)25/h8-9,12,16-17,23,25H,10-11H2,1-7H3. The molecule has 0 heterocycles. The molecule has 0 saturated heterocycles. The van der Waals surface area contributed by atoms with E-state index in [9.17, 15) is 18.1 Å². The van der Waals surface area contributed by atoms with Gasteiger partial charge in [-0.05, 0) is 75.0 Å². The van der Waals surface area contributed by atoms with Crippen LogP contribution in [0.5, 0.6) is 0 Å². The fourth-order valence-electron chi connectivity index (χ4n) is 2.39. The van der Waals surface area contributed by atoms with Gasteiger partial charge in [-0.25, -0.2) is 8.78 Å². The van der Waals surface area contributed by atoms with Crippen molar-refractivity contribution in [1.29, 1.82) is 0 Å². The van der Waals surface area contributed by atoms with Gasteiger partial charge in [0.15, 0.2) is 8.32 Å². The van der Waals surface area contributed by atoms with Crippen LogP contribution in [-0.4, -0.2) is 28.8 Å². The van der Waals surface area contributed by atoms with Crippen molar-refractivity contribution in [1.82, 2.24) is 4.72 Å². The molecular weight excluding hydrogens is 452 g/mol. The van der Waals surface area contributed by atoms with E-state index < -0.39 is 36.9 Å². The number of aryl methyl sites for hydroxylation is 1. The summed E-state index contributed by atoms with van der Waals surface area (Å²) >= 11 is 1.80. The maximum atomic E-state index is 13.8. The van der Waals surface area contributed by atoms with E-state index in [0.717, 1.165) is 10.0 Å². The molecule has 0 spiro atoms. The zero-order valence-corrected chi connectivity index (χ0v) is 20.6. The van der Waals surface area contributed by atoms with Crippen LogP contribution in [0.4, 0.5) is 8.78 Å². The van der Waals surface area contributed by atoms with Crippen LogP contribution in [0.2, 0.25) is 18.1 Å². The van der Waals surface area contributed by atoms with E-state index in [-0.39, 0.29) is 5.04 Å². The van der Waals surface area contributed by atoms with Crippen molar-refractivity contribution in [2.75, 3.05) is 0 Å². The van der Waals surface area contributed by atoms with Gasteiger partial charge in [0, 0.05) is 15.8 Å². The second kappa shape index (κ2) is 9.22. The summed E-state index contributed by atoms with van der Waals surface area (Å²) in [4.78, 5) is 10.5. The summed E-state index contributed by atoms with van der Waals surface area (Å²) in [5.74, 6) is 0. The van der Waals surface area contributed by atoms with Gasteiger partial charge in [-0.2, -0.15) is 0 Å². The fourth-order valence-corrected chi connectivity index (χ4v) is 4.35. The first-order valence-corrected chi connectivity index (χ1v) is 13.9. The quantitative estimate of drug-likeness (QED) is 0.367. The Labute approximate surface area is 174 Å². The van der Waals surface area contributed by atoms with Crippen LogP contribution in [0.1, 0.15) is 58.2 Å². The molecule has 1 aromatic rings. The summed E-state index contributed by atoms with van der Waals surface area (Å²) in [5.41, 5.74) is 1.23. The van der Waals surface area contributed by atoms with Crippen molar-refractivity contribution in [3.63, 3.8) is 0 Å². The molecule has 0 aliphatic heterocycles. The highest BCUT2D eigenvalue weighted by molar-refractivity contribution is 9.10. The maximum Gasteiger partial charge on any atom is 0.262 e. The summed E-state index contributed by atoms with van der Waals surface area (Å²) in [6.45, 7) is 13.1. The molecule has 2 unspecified atom stereocenters. The molecule has 3 nitrogen and oxygen atoms in total. The minimum Gasteiger partial charge on any atom is -0.598 e. The van der Waals surface area contributed by atoms with E-state index >= 15 is 0 Å². The van der Waals surface area contributed by atoms with Gasteiger partial charge in [0.1, 0.15) is 10.8 Å². The zero-order valence-electron chi connectivity index (χ0n) is 17.2. The van der Waals surface area contributed by atoms with Crippen LogP contribution in [0.3, 0.4) is 0 Å². The number of alkyl halides is 2. The molecule has 2 N–H and O–H groups in total. The summed E-state index contributed by atoms with van der Waals surface area (Å²) in [7, 11) is -2.39. The van der Waals surface area contributed by atoms with Crippen LogP contribution in [0.25, 0.3) is 0 Å². The number of halogens is 3. The maximum absolute atomic E-state index is 13.8. The van der Waals surface area contributed by atoms with Gasteiger partial charge in [-0.3, -0.25) is 0 Å². The average molecular weight is 485 g/mol. The monoisotopic (exact) mass is 483 g/mol. The van der Waals surface area contributed by atoms with E-state index in [2.05, 4.69) is 20.7 Å². The lowest BCUT2D eigenvalue weighted by Crippen LogP contribution is -2.43. The molecule has 1 aromatic carbocycles. The largest absolute Gasteiger partial charge is 0.598 e. The molecule has 0 bridgehead atoms.